The second kappa shape index (κ2) is 21.0. The average molecular weight is 870 g/mol. The number of methoxy groups -OCH3 is 2. The summed E-state index contributed by atoms with van der Waals surface area (Å²) in [6, 6.07) is 25.3. The Balaban J connectivity index is 0.000000230. The Morgan fingerprint density at radius 1 is 0.698 bits per heavy atom. The van der Waals surface area contributed by atoms with Gasteiger partial charge in [-0.1, -0.05) is 57.5 Å². The molecule has 6 rings (SSSR count). The van der Waals surface area contributed by atoms with Crippen LogP contribution in [0.5, 0.6) is 17.2 Å². The van der Waals surface area contributed by atoms with E-state index < -0.39 is 11.9 Å². The summed E-state index contributed by atoms with van der Waals surface area (Å²) in [5.41, 5.74) is 2.41. The van der Waals surface area contributed by atoms with Gasteiger partial charge in [-0.05, 0) is 92.2 Å². The van der Waals surface area contributed by atoms with Gasteiger partial charge in [-0.15, -0.1) is 0 Å². The molecule has 0 aliphatic heterocycles. The third-order valence-corrected chi connectivity index (χ3v) is 7.94. The van der Waals surface area contributed by atoms with Crippen LogP contribution in [0.4, 0.5) is 0 Å². The predicted molar refractivity (Wildman–Crippen MR) is 212 cm³/mol. The van der Waals surface area contributed by atoms with Gasteiger partial charge in [0.25, 0.3) is 0 Å². The van der Waals surface area contributed by atoms with E-state index in [2.05, 4.69) is 56.5 Å². The maximum Gasteiger partial charge on any atom is 0.569 e. The van der Waals surface area contributed by atoms with Gasteiger partial charge in [-0.2, -0.15) is 0 Å². The molecule has 0 unspecified atom stereocenters. The summed E-state index contributed by atoms with van der Waals surface area (Å²) >= 11 is 12.5. The molecule has 12 nitrogen and oxygen atoms in total. The first kappa shape index (κ1) is 42.6. The lowest BCUT2D eigenvalue weighted by Gasteiger charge is -2.10. The Kier molecular flexibility index (Phi) is 16.9. The van der Waals surface area contributed by atoms with Crippen molar-refractivity contribution in [1.29, 1.82) is 0 Å². The fourth-order valence-electron chi connectivity index (χ4n) is 4.51. The van der Waals surface area contributed by atoms with Crippen LogP contribution in [0, 0.1) is 0 Å². The number of rotatable bonds is 9. The van der Waals surface area contributed by atoms with E-state index in [-0.39, 0.29) is 37.3 Å². The molecule has 275 valence electrons. The van der Waals surface area contributed by atoms with Gasteiger partial charge in [0, 0.05) is 25.3 Å². The predicted octanol–water partition coefficient (Wildman–Crippen LogP) is 8.70. The van der Waals surface area contributed by atoms with Crippen LogP contribution in [-0.2, 0) is 9.47 Å². The molecule has 0 amide bonds. The van der Waals surface area contributed by atoms with Crippen molar-refractivity contribution >= 4 is 84.9 Å². The van der Waals surface area contributed by atoms with Crippen molar-refractivity contribution in [3.63, 3.8) is 0 Å². The number of carbonyl (C=O) groups is 2. The average Bonchev–Trinajstić information content (AvgIpc) is 3.14. The monoisotopic (exact) mass is 867 g/mol. The second-order valence-electron chi connectivity index (χ2n) is 10.1. The number of esters is 2. The third-order valence-electron chi connectivity index (χ3n) is 6.78. The summed E-state index contributed by atoms with van der Waals surface area (Å²) in [6.07, 6.45) is 0. The maximum atomic E-state index is 12.3. The van der Waals surface area contributed by atoms with Crippen molar-refractivity contribution in [2.45, 2.75) is 21.3 Å². The molecule has 53 heavy (non-hydrogen) atoms. The molecule has 0 saturated carbocycles. The number of hydrogen-bond acceptors (Lipinski definition) is 12. The van der Waals surface area contributed by atoms with Crippen LogP contribution in [-0.4, -0.2) is 72.0 Å². The first-order valence-electron chi connectivity index (χ1n) is 15.5. The number of nitrogens with zero attached hydrogens (tertiary/aromatic N) is 4. The summed E-state index contributed by atoms with van der Waals surface area (Å²) in [7, 11) is 3.77. The van der Waals surface area contributed by atoms with Gasteiger partial charge in [0.1, 0.15) is 17.2 Å². The minimum absolute atomic E-state index is 0. The SMILES string of the molecule is C.CCOC(=O)c1nc(-c2cccc(Br)c2)nc2ccc(OC)cc12.CCOC(=O)c1nc(Cl)nc2ccc(OC)cc12.O[B]Oc1cccc(Br)c1. The lowest BCUT2D eigenvalue weighted by Crippen LogP contribution is -2.10. The van der Waals surface area contributed by atoms with E-state index in [9.17, 15) is 9.59 Å². The van der Waals surface area contributed by atoms with Crippen LogP contribution in [0.2, 0.25) is 5.28 Å². The fourth-order valence-corrected chi connectivity index (χ4v) is 5.46. The lowest BCUT2D eigenvalue weighted by molar-refractivity contribution is 0.0512. The molecule has 1 N–H and O–H groups in total. The highest BCUT2D eigenvalue weighted by molar-refractivity contribution is 9.10. The number of fused-ring (bicyclic) bond motifs is 2. The number of hydrogen-bond donors (Lipinski definition) is 1. The Morgan fingerprint density at radius 2 is 1.23 bits per heavy atom. The molecule has 0 atom stereocenters. The number of halogens is 3. The van der Waals surface area contributed by atoms with E-state index in [0.29, 0.717) is 52.6 Å². The summed E-state index contributed by atoms with van der Waals surface area (Å²) in [4.78, 5) is 41.1. The van der Waals surface area contributed by atoms with Crippen LogP contribution in [0.3, 0.4) is 0 Å². The molecule has 0 spiro atoms. The zero-order valence-electron chi connectivity index (χ0n) is 28.3. The highest BCUT2D eigenvalue weighted by Crippen LogP contribution is 2.27. The molecule has 6 aromatic rings. The Hall–Kier alpha value is -4.83. The third kappa shape index (κ3) is 11.8. The molecule has 1 radical (unpaired) electrons. The van der Waals surface area contributed by atoms with E-state index in [1.807, 2.05) is 36.4 Å². The number of aromatic nitrogens is 4. The zero-order valence-corrected chi connectivity index (χ0v) is 32.2. The first-order valence-corrected chi connectivity index (χ1v) is 17.4. The quantitative estimate of drug-likeness (QED) is 0.0841. The minimum Gasteiger partial charge on any atom is -0.537 e. The Labute approximate surface area is 329 Å². The molecule has 0 aliphatic carbocycles. The van der Waals surface area contributed by atoms with Crippen molar-refractivity contribution in [2.24, 2.45) is 0 Å². The van der Waals surface area contributed by atoms with E-state index in [4.69, 9.17) is 35.6 Å². The molecular weight excluding hydrogens is 834 g/mol. The summed E-state index contributed by atoms with van der Waals surface area (Å²) in [5.74, 6) is 1.31. The topological polar surface area (TPSA) is 152 Å². The summed E-state index contributed by atoms with van der Waals surface area (Å²) in [5, 5.41) is 9.41. The molecule has 0 fully saturated rings. The zero-order chi connectivity index (χ0) is 37.6. The Bertz CT molecular complexity index is 2180. The van der Waals surface area contributed by atoms with E-state index in [0.717, 1.165) is 14.5 Å². The van der Waals surface area contributed by atoms with Crippen molar-refractivity contribution in [2.75, 3.05) is 27.4 Å². The van der Waals surface area contributed by atoms with Crippen molar-refractivity contribution in [3.8, 4) is 28.6 Å². The smallest absolute Gasteiger partial charge is 0.537 e. The van der Waals surface area contributed by atoms with Crippen LogP contribution >= 0.6 is 43.5 Å². The maximum absolute atomic E-state index is 12.3. The van der Waals surface area contributed by atoms with E-state index in [1.54, 1.807) is 76.6 Å². The highest BCUT2D eigenvalue weighted by atomic mass is 79.9. The van der Waals surface area contributed by atoms with Crippen LogP contribution in [0.15, 0.2) is 93.9 Å². The first-order chi connectivity index (χ1) is 25.1. The molecule has 0 bridgehead atoms. The molecule has 0 saturated heterocycles. The lowest BCUT2D eigenvalue weighted by atomic mass is 10.1. The standard InChI is InChI=1S/C18H15BrN2O3.C12H11ClN2O3.C6H5BBrO2.CH4/c1-3-24-18(22)16-14-10-13(23-2)7-8-15(14)20-17(21-16)11-5-4-6-12(19)9-11;1-3-18-11(16)10-8-6-7(17-2)4-5-9(8)14-12(13)15-10;8-5-2-1-3-6(4-5)10-7-9;/h4-10H,3H2,1-2H3;4-6H,3H2,1-2H3;1-4,9H;1H4. The second-order valence-corrected chi connectivity index (χ2v) is 12.3. The highest BCUT2D eigenvalue weighted by Gasteiger charge is 2.18. The summed E-state index contributed by atoms with van der Waals surface area (Å²) < 4.78 is 26.9. The van der Waals surface area contributed by atoms with Gasteiger partial charge in [-0.3, -0.25) is 0 Å². The number of ether oxygens (including phenoxy) is 4. The van der Waals surface area contributed by atoms with Gasteiger partial charge in [0.15, 0.2) is 17.2 Å². The van der Waals surface area contributed by atoms with Crippen LogP contribution in [0.25, 0.3) is 33.2 Å². The van der Waals surface area contributed by atoms with E-state index >= 15 is 0 Å². The number of benzene rings is 4. The normalized spacial score (nSPS) is 10.0. The Morgan fingerprint density at radius 3 is 1.74 bits per heavy atom. The van der Waals surface area contributed by atoms with Gasteiger partial charge < -0.3 is 28.6 Å². The van der Waals surface area contributed by atoms with Gasteiger partial charge in [-0.25, -0.2) is 29.5 Å². The number of carbonyl (C=O) groups excluding carboxylic acids is 2. The van der Waals surface area contributed by atoms with Crippen LogP contribution < -0.4 is 14.1 Å². The van der Waals surface area contributed by atoms with Crippen molar-refractivity contribution in [1.82, 2.24) is 19.9 Å². The molecule has 2 heterocycles. The molecule has 16 heteroatoms. The largest absolute Gasteiger partial charge is 0.569 e. The van der Waals surface area contributed by atoms with Gasteiger partial charge in [0.2, 0.25) is 5.28 Å². The van der Waals surface area contributed by atoms with Crippen molar-refractivity contribution in [3.05, 3.63) is 111 Å². The van der Waals surface area contributed by atoms with Crippen LogP contribution in [0.1, 0.15) is 42.3 Å². The van der Waals surface area contributed by atoms with Gasteiger partial charge in [0.05, 0.1) is 38.5 Å². The van der Waals surface area contributed by atoms with Gasteiger partial charge >= 0.3 is 19.6 Å². The molecule has 4 aromatic carbocycles. The van der Waals surface area contributed by atoms with Crippen molar-refractivity contribution < 1.29 is 38.2 Å². The summed E-state index contributed by atoms with van der Waals surface area (Å²) in [6.45, 7) is 4.03. The molecule has 0 aliphatic rings. The fraction of sp³-hybridized carbons (Fsp3) is 0.189. The van der Waals surface area contributed by atoms with E-state index in [1.165, 1.54) is 0 Å². The molecular formula is C37H35BBr2ClN4O8. The minimum atomic E-state index is -0.528. The molecule has 2 aromatic heterocycles.